The number of nitrogens with one attached hydrogen (secondary N) is 1. The zero-order chi connectivity index (χ0) is 22.7. The summed E-state index contributed by atoms with van der Waals surface area (Å²) >= 11 is 0. The molecule has 0 spiro atoms. The minimum Gasteiger partial charge on any atom is -0.467 e. The first-order chi connectivity index (χ1) is 13.8. The molecule has 0 unspecified atom stereocenters. The summed E-state index contributed by atoms with van der Waals surface area (Å²) in [5.41, 5.74) is -0.219. The van der Waals surface area contributed by atoms with E-state index in [0.717, 1.165) is 0 Å². The number of fused-ring (bicyclic) bond motifs is 1. The Bertz CT molecular complexity index is 936. The van der Waals surface area contributed by atoms with Crippen LogP contribution in [0.3, 0.4) is 0 Å². The molecule has 164 valence electrons. The second-order valence-electron chi connectivity index (χ2n) is 8.85. The number of carbonyl (C=O) groups excluding carboxylic acids is 3. The number of ether oxygens (including phenoxy) is 3. The third-order valence-corrected chi connectivity index (χ3v) is 3.79. The molecule has 0 aliphatic rings. The predicted molar refractivity (Wildman–Crippen MR) is 110 cm³/mol. The van der Waals surface area contributed by atoms with Gasteiger partial charge >= 0.3 is 18.2 Å². The van der Waals surface area contributed by atoms with Gasteiger partial charge in [-0.15, -0.1) is 0 Å². The summed E-state index contributed by atoms with van der Waals surface area (Å²) in [7, 11) is 1.24. The molecule has 0 saturated heterocycles. The lowest BCUT2D eigenvalue weighted by Gasteiger charge is -2.22. The largest absolute Gasteiger partial charge is 0.467 e. The fourth-order valence-corrected chi connectivity index (χ4v) is 2.66. The number of hydrogen-bond donors (Lipinski definition) is 1. The van der Waals surface area contributed by atoms with E-state index in [1.54, 1.807) is 59.9 Å². The Hall–Kier alpha value is -3.10. The quantitative estimate of drug-likeness (QED) is 0.597. The van der Waals surface area contributed by atoms with Crippen molar-refractivity contribution in [2.75, 3.05) is 7.11 Å². The van der Waals surface area contributed by atoms with Crippen LogP contribution in [0.1, 0.15) is 47.1 Å². The van der Waals surface area contributed by atoms with Gasteiger partial charge in [-0.3, -0.25) is 0 Å². The molecule has 2 aromatic heterocycles. The zero-order valence-corrected chi connectivity index (χ0v) is 18.4. The third-order valence-electron chi connectivity index (χ3n) is 3.79. The molecule has 1 amide bonds. The highest BCUT2D eigenvalue weighted by Gasteiger charge is 2.26. The molecule has 0 radical (unpaired) electrons. The van der Waals surface area contributed by atoms with Gasteiger partial charge in [0.2, 0.25) is 0 Å². The Morgan fingerprint density at radius 2 is 1.73 bits per heavy atom. The second-order valence-corrected chi connectivity index (χ2v) is 8.85. The molecule has 0 saturated carbocycles. The van der Waals surface area contributed by atoms with Gasteiger partial charge in [0.15, 0.2) is 0 Å². The molecule has 1 atom stereocenters. The highest BCUT2D eigenvalue weighted by molar-refractivity contribution is 5.87. The van der Waals surface area contributed by atoms with Gasteiger partial charge in [-0.25, -0.2) is 23.9 Å². The number of carbonyl (C=O) groups is 3. The monoisotopic (exact) mass is 419 g/mol. The van der Waals surface area contributed by atoms with Gasteiger partial charge in [0.05, 0.1) is 7.11 Å². The number of hydrogen-bond acceptors (Lipinski definition) is 7. The van der Waals surface area contributed by atoms with E-state index in [9.17, 15) is 14.4 Å². The van der Waals surface area contributed by atoms with E-state index in [-0.39, 0.29) is 6.42 Å². The number of aromatic nitrogens is 2. The van der Waals surface area contributed by atoms with Crippen molar-refractivity contribution in [3.63, 3.8) is 0 Å². The van der Waals surface area contributed by atoms with Crippen molar-refractivity contribution in [1.29, 1.82) is 0 Å². The number of nitrogens with zero attached hydrogens (tertiary/aromatic N) is 2. The highest BCUT2D eigenvalue weighted by atomic mass is 16.6. The molecule has 1 N–H and O–H groups in total. The Kier molecular flexibility index (Phi) is 6.74. The molecule has 0 fully saturated rings. The molecular weight excluding hydrogens is 390 g/mol. The Morgan fingerprint density at radius 1 is 1.10 bits per heavy atom. The van der Waals surface area contributed by atoms with Crippen LogP contribution >= 0.6 is 0 Å². The lowest BCUT2D eigenvalue weighted by atomic mass is 10.1. The number of pyridine rings is 1. The number of amides is 1. The second kappa shape index (κ2) is 8.73. The summed E-state index contributed by atoms with van der Waals surface area (Å²) in [6, 6.07) is 2.57. The zero-order valence-electron chi connectivity index (χ0n) is 18.4. The van der Waals surface area contributed by atoms with Crippen molar-refractivity contribution in [2.45, 2.75) is 65.2 Å². The van der Waals surface area contributed by atoms with Crippen LogP contribution in [-0.4, -0.2) is 52.1 Å². The van der Waals surface area contributed by atoms with Crippen molar-refractivity contribution < 1.29 is 28.6 Å². The molecule has 0 aliphatic heterocycles. The summed E-state index contributed by atoms with van der Waals surface area (Å²) in [6.45, 7) is 10.5. The topological polar surface area (TPSA) is 109 Å². The minimum absolute atomic E-state index is 0.145. The lowest BCUT2D eigenvalue weighted by molar-refractivity contribution is -0.143. The average molecular weight is 419 g/mol. The molecule has 9 heteroatoms. The molecule has 0 bridgehead atoms. The third kappa shape index (κ3) is 6.47. The first-order valence-electron chi connectivity index (χ1n) is 9.56. The maximum absolute atomic E-state index is 12.3. The predicted octanol–water partition coefficient (Wildman–Crippen LogP) is 3.43. The van der Waals surface area contributed by atoms with Gasteiger partial charge in [0.1, 0.15) is 22.9 Å². The molecular formula is C21H29N3O6. The molecule has 30 heavy (non-hydrogen) atoms. The van der Waals surface area contributed by atoms with E-state index >= 15 is 0 Å². The number of methoxy groups -OCH3 is 1. The van der Waals surface area contributed by atoms with E-state index < -0.39 is 35.4 Å². The van der Waals surface area contributed by atoms with Crippen LogP contribution in [0.5, 0.6) is 0 Å². The standard InChI is InChI=1S/C21H29N3O6/c1-20(2,3)29-18(26)23-15(17(25)28-7)11-13-10-14-8-9-24(16(14)22-12-13)19(27)30-21(4,5)6/h8-10,12,15H,11H2,1-7H3,(H,23,26)/t15-/m0/s1. The van der Waals surface area contributed by atoms with E-state index in [1.165, 1.54) is 17.9 Å². The van der Waals surface area contributed by atoms with Crippen molar-refractivity contribution in [3.8, 4) is 0 Å². The van der Waals surface area contributed by atoms with Crippen LogP contribution in [0.25, 0.3) is 11.0 Å². The molecule has 2 aromatic rings. The smallest absolute Gasteiger partial charge is 0.420 e. The summed E-state index contributed by atoms with van der Waals surface area (Å²) < 4.78 is 16.7. The van der Waals surface area contributed by atoms with Gasteiger partial charge in [0, 0.05) is 24.2 Å². The van der Waals surface area contributed by atoms with Crippen LogP contribution in [0.4, 0.5) is 9.59 Å². The maximum Gasteiger partial charge on any atom is 0.420 e. The Balaban J connectivity index is 2.21. The van der Waals surface area contributed by atoms with E-state index in [2.05, 4.69) is 10.3 Å². The Morgan fingerprint density at radius 3 is 2.30 bits per heavy atom. The number of alkyl carbamates (subject to hydrolysis) is 1. The lowest BCUT2D eigenvalue weighted by Crippen LogP contribution is -2.45. The summed E-state index contributed by atoms with van der Waals surface area (Å²) in [4.78, 5) is 40.9. The molecule has 0 aromatic carbocycles. The van der Waals surface area contributed by atoms with Gasteiger partial charge in [-0.05, 0) is 59.2 Å². The molecule has 2 heterocycles. The van der Waals surface area contributed by atoms with Crippen LogP contribution in [0.15, 0.2) is 24.5 Å². The van der Waals surface area contributed by atoms with Crippen molar-refractivity contribution in [1.82, 2.24) is 14.9 Å². The van der Waals surface area contributed by atoms with Crippen LogP contribution in [0.2, 0.25) is 0 Å². The normalized spacial score (nSPS) is 12.9. The van der Waals surface area contributed by atoms with E-state index in [1.807, 2.05) is 0 Å². The SMILES string of the molecule is COC(=O)[C@H](Cc1cnc2c(ccn2C(=O)OC(C)(C)C)c1)NC(=O)OC(C)(C)C. The fourth-order valence-electron chi connectivity index (χ4n) is 2.66. The van der Waals surface area contributed by atoms with Gasteiger partial charge in [-0.2, -0.15) is 0 Å². The van der Waals surface area contributed by atoms with Crippen LogP contribution in [0, 0.1) is 0 Å². The van der Waals surface area contributed by atoms with Crippen molar-refractivity contribution in [3.05, 3.63) is 30.1 Å². The van der Waals surface area contributed by atoms with Crippen molar-refractivity contribution >= 4 is 29.2 Å². The number of esters is 1. The van der Waals surface area contributed by atoms with Gasteiger partial charge < -0.3 is 19.5 Å². The van der Waals surface area contributed by atoms with E-state index in [0.29, 0.717) is 16.6 Å². The fraction of sp³-hybridized carbons (Fsp3) is 0.524. The van der Waals surface area contributed by atoms with Crippen molar-refractivity contribution in [2.24, 2.45) is 0 Å². The average Bonchev–Trinajstić information content (AvgIpc) is 3.00. The summed E-state index contributed by atoms with van der Waals surface area (Å²) in [5.74, 6) is -0.604. The van der Waals surface area contributed by atoms with Gasteiger partial charge in [0.25, 0.3) is 0 Å². The Labute approximate surface area is 175 Å². The number of rotatable bonds is 4. The van der Waals surface area contributed by atoms with Gasteiger partial charge in [-0.1, -0.05) is 0 Å². The van der Waals surface area contributed by atoms with Crippen LogP contribution < -0.4 is 5.32 Å². The highest BCUT2D eigenvalue weighted by Crippen LogP contribution is 2.19. The summed E-state index contributed by atoms with van der Waals surface area (Å²) in [5, 5.41) is 3.22. The summed E-state index contributed by atoms with van der Waals surface area (Å²) in [6.07, 6.45) is 2.01. The first-order valence-corrected chi connectivity index (χ1v) is 9.56. The van der Waals surface area contributed by atoms with E-state index in [4.69, 9.17) is 14.2 Å². The minimum atomic E-state index is -0.947. The molecule has 9 nitrogen and oxygen atoms in total. The molecule has 0 aliphatic carbocycles. The van der Waals surface area contributed by atoms with Crippen LogP contribution in [-0.2, 0) is 25.4 Å². The maximum atomic E-state index is 12.3. The molecule has 2 rings (SSSR count). The first kappa shape index (κ1) is 23.2.